The second-order valence-electron chi connectivity index (χ2n) is 4.38. The lowest BCUT2D eigenvalue weighted by Crippen LogP contribution is -2.59. The first-order valence-electron chi connectivity index (χ1n) is 5.81. The normalized spacial score (nSPS) is 17.3. The van der Waals surface area contributed by atoms with Crippen LogP contribution in [0.3, 0.4) is 0 Å². The van der Waals surface area contributed by atoms with Crippen molar-refractivity contribution in [1.29, 1.82) is 0 Å². The van der Waals surface area contributed by atoms with Gasteiger partial charge >= 0.3 is 0 Å². The molecule has 1 aliphatic rings. The van der Waals surface area contributed by atoms with Crippen molar-refractivity contribution in [3.8, 4) is 0 Å². The Kier molecular flexibility index (Phi) is 3.84. The number of nitrogens with one attached hydrogen (secondary N) is 1. The van der Waals surface area contributed by atoms with Crippen LogP contribution in [0.5, 0.6) is 0 Å². The average Bonchev–Trinajstić information content (AvgIpc) is 2.25. The Labute approximate surface area is 110 Å². The van der Waals surface area contributed by atoms with E-state index >= 15 is 0 Å². The van der Waals surface area contributed by atoms with Crippen LogP contribution in [0.2, 0.25) is 0 Å². The van der Waals surface area contributed by atoms with E-state index in [1.165, 1.54) is 0 Å². The molecule has 1 saturated heterocycles. The molecule has 0 spiro atoms. The number of hydrogen-bond acceptors (Lipinski definition) is 2. The van der Waals surface area contributed by atoms with E-state index in [1.807, 2.05) is 31.2 Å². The minimum Gasteiger partial charge on any atom is -0.376 e. The standard InChI is InChI=1S/C13H16BrNO2/c1-2-3-12(16)15-13(8-17-9-13)10-4-6-11(14)7-5-10/h4-7H,2-3,8-9H2,1H3,(H,15,16). The molecule has 1 aromatic carbocycles. The largest absolute Gasteiger partial charge is 0.376 e. The summed E-state index contributed by atoms with van der Waals surface area (Å²) < 4.78 is 6.31. The molecule has 0 aliphatic carbocycles. The predicted molar refractivity (Wildman–Crippen MR) is 69.7 cm³/mol. The zero-order valence-corrected chi connectivity index (χ0v) is 11.4. The maximum atomic E-state index is 11.7. The molecule has 1 amide bonds. The van der Waals surface area contributed by atoms with Crippen LogP contribution in [0.4, 0.5) is 0 Å². The highest BCUT2D eigenvalue weighted by molar-refractivity contribution is 9.10. The molecule has 1 N–H and O–H groups in total. The maximum absolute atomic E-state index is 11.7. The van der Waals surface area contributed by atoms with Crippen LogP contribution in [0.15, 0.2) is 28.7 Å². The lowest BCUT2D eigenvalue weighted by Gasteiger charge is -2.42. The second kappa shape index (κ2) is 5.19. The predicted octanol–water partition coefficient (Wildman–Crippen LogP) is 2.59. The fourth-order valence-corrected chi connectivity index (χ4v) is 2.21. The fraction of sp³-hybridized carbons (Fsp3) is 0.462. The molecule has 0 aromatic heterocycles. The van der Waals surface area contributed by atoms with Gasteiger partial charge in [0.05, 0.1) is 13.2 Å². The summed E-state index contributed by atoms with van der Waals surface area (Å²) in [4.78, 5) is 11.7. The minimum atomic E-state index is -0.313. The molecule has 1 aromatic rings. The SMILES string of the molecule is CCCC(=O)NC1(c2ccc(Br)cc2)COC1. The zero-order valence-electron chi connectivity index (χ0n) is 9.83. The van der Waals surface area contributed by atoms with Gasteiger partial charge in [-0.2, -0.15) is 0 Å². The van der Waals surface area contributed by atoms with E-state index in [-0.39, 0.29) is 11.4 Å². The number of amides is 1. The van der Waals surface area contributed by atoms with Gasteiger partial charge in [0.25, 0.3) is 0 Å². The van der Waals surface area contributed by atoms with E-state index in [2.05, 4.69) is 21.2 Å². The van der Waals surface area contributed by atoms with Crippen LogP contribution in [-0.4, -0.2) is 19.1 Å². The Morgan fingerprint density at radius 2 is 2.06 bits per heavy atom. The highest BCUT2D eigenvalue weighted by atomic mass is 79.9. The Morgan fingerprint density at radius 3 is 2.53 bits per heavy atom. The Morgan fingerprint density at radius 1 is 1.41 bits per heavy atom. The molecule has 17 heavy (non-hydrogen) atoms. The summed E-state index contributed by atoms with van der Waals surface area (Å²) in [7, 11) is 0. The third kappa shape index (κ3) is 2.69. The van der Waals surface area contributed by atoms with Crippen molar-refractivity contribution < 1.29 is 9.53 Å². The lowest BCUT2D eigenvalue weighted by molar-refractivity contribution is -0.133. The smallest absolute Gasteiger partial charge is 0.220 e. The van der Waals surface area contributed by atoms with E-state index in [0.717, 1.165) is 16.5 Å². The van der Waals surface area contributed by atoms with Gasteiger partial charge in [0.1, 0.15) is 5.54 Å². The van der Waals surface area contributed by atoms with Crippen LogP contribution in [0.1, 0.15) is 25.3 Å². The molecule has 0 bridgehead atoms. The van der Waals surface area contributed by atoms with Gasteiger partial charge < -0.3 is 10.1 Å². The Balaban J connectivity index is 2.14. The first-order chi connectivity index (χ1) is 8.16. The number of carbonyl (C=O) groups is 1. The molecule has 3 nitrogen and oxygen atoms in total. The molecular formula is C13H16BrNO2. The van der Waals surface area contributed by atoms with Crippen LogP contribution in [0.25, 0.3) is 0 Å². The Bertz CT molecular complexity index is 398. The van der Waals surface area contributed by atoms with Gasteiger partial charge in [-0.1, -0.05) is 35.0 Å². The van der Waals surface area contributed by atoms with Gasteiger partial charge in [-0.3, -0.25) is 4.79 Å². The molecule has 92 valence electrons. The summed E-state index contributed by atoms with van der Waals surface area (Å²) >= 11 is 3.41. The minimum absolute atomic E-state index is 0.0960. The van der Waals surface area contributed by atoms with E-state index in [9.17, 15) is 4.79 Å². The van der Waals surface area contributed by atoms with Gasteiger partial charge in [-0.15, -0.1) is 0 Å². The third-order valence-corrected chi connectivity index (χ3v) is 3.48. The molecule has 0 radical (unpaired) electrons. The monoisotopic (exact) mass is 297 g/mol. The fourth-order valence-electron chi connectivity index (χ4n) is 1.94. The van der Waals surface area contributed by atoms with E-state index in [4.69, 9.17) is 4.74 Å². The molecular weight excluding hydrogens is 282 g/mol. The van der Waals surface area contributed by atoms with Crippen molar-refractivity contribution in [2.24, 2.45) is 0 Å². The van der Waals surface area contributed by atoms with E-state index < -0.39 is 0 Å². The Hall–Kier alpha value is -0.870. The van der Waals surface area contributed by atoms with Crippen LogP contribution >= 0.6 is 15.9 Å². The first kappa shape index (κ1) is 12.6. The molecule has 1 heterocycles. The number of hydrogen-bond donors (Lipinski definition) is 1. The topological polar surface area (TPSA) is 38.3 Å². The van der Waals surface area contributed by atoms with Crippen LogP contribution < -0.4 is 5.32 Å². The molecule has 0 unspecified atom stereocenters. The summed E-state index contributed by atoms with van der Waals surface area (Å²) in [6.07, 6.45) is 1.43. The third-order valence-electron chi connectivity index (χ3n) is 2.95. The lowest BCUT2D eigenvalue weighted by atomic mass is 9.88. The summed E-state index contributed by atoms with van der Waals surface area (Å²) in [5, 5.41) is 3.09. The van der Waals surface area contributed by atoms with Gasteiger partial charge in [-0.25, -0.2) is 0 Å². The van der Waals surface area contributed by atoms with Crippen molar-refractivity contribution in [2.75, 3.05) is 13.2 Å². The average molecular weight is 298 g/mol. The maximum Gasteiger partial charge on any atom is 0.220 e. The molecule has 0 saturated carbocycles. The van der Waals surface area contributed by atoms with Crippen molar-refractivity contribution in [3.63, 3.8) is 0 Å². The number of rotatable bonds is 4. The van der Waals surface area contributed by atoms with Gasteiger partial charge in [0.15, 0.2) is 0 Å². The second-order valence-corrected chi connectivity index (χ2v) is 5.30. The number of carbonyl (C=O) groups excluding carboxylic acids is 1. The summed E-state index contributed by atoms with van der Waals surface area (Å²) in [6.45, 7) is 3.12. The van der Waals surface area contributed by atoms with Gasteiger partial charge in [-0.05, 0) is 24.1 Å². The van der Waals surface area contributed by atoms with E-state index in [0.29, 0.717) is 19.6 Å². The highest BCUT2D eigenvalue weighted by Crippen LogP contribution is 2.30. The summed E-state index contributed by atoms with van der Waals surface area (Å²) in [6, 6.07) is 8.03. The molecule has 1 aliphatic heterocycles. The van der Waals surface area contributed by atoms with Gasteiger partial charge in [0, 0.05) is 10.9 Å². The van der Waals surface area contributed by atoms with Crippen molar-refractivity contribution in [2.45, 2.75) is 25.3 Å². The van der Waals surface area contributed by atoms with Crippen molar-refractivity contribution >= 4 is 21.8 Å². The van der Waals surface area contributed by atoms with Crippen molar-refractivity contribution in [1.82, 2.24) is 5.32 Å². The number of benzene rings is 1. The number of halogens is 1. The summed E-state index contributed by atoms with van der Waals surface area (Å²) in [5.41, 5.74) is 0.795. The molecule has 4 heteroatoms. The van der Waals surface area contributed by atoms with Gasteiger partial charge in [0.2, 0.25) is 5.91 Å². The van der Waals surface area contributed by atoms with Crippen LogP contribution in [0, 0.1) is 0 Å². The van der Waals surface area contributed by atoms with Crippen molar-refractivity contribution in [3.05, 3.63) is 34.3 Å². The first-order valence-corrected chi connectivity index (χ1v) is 6.60. The molecule has 1 fully saturated rings. The van der Waals surface area contributed by atoms with E-state index in [1.54, 1.807) is 0 Å². The highest BCUT2D eigenvalue weighted by Gasteiger charge is 2.41. The molecule has 2 rings (SSSR count). The summed E-state index contributed by atoms with van der Waals surface area (Å²) in [5.74, 6) is 0.0960. The number of ether oxygens (including phenoxy) is 1. The molecule has 0 atom stereocenters. The quantitative estimate of drug-likeness (QED) is 0.928. The van der Waals surface area contributed by atoms with Crippen LogP contribution in [-0.2, 0) is 15.1 Å². The zero-order chi connectivity index (χ0) is 12.3.